The van der Waals surface area contributed by atoms with Crippen molar-refractivity contribution >= 4 is 5.96 Å². The highest BCUT2D eigenvalue weighted by molar-refractivity contribution is 5.80. The Hall–Kier alpha value is -1.72. The molecule has 2 fully saturated rings. The van der Waals surface area contributed by atoms with E-state index in [1.54, 1.807) is 0 Å². The highest BCUT2D eigenvalue weighted by atomic mass is 19.4. The van der Waals surface area contributed by atoms with E-state index in [1.165, 1.54) is 5.56 Å². The molecular weight excluding hydrogens is 339 g/mol. The zero-order chi connectivity index (χ0) is 18.6. The molecule has 144 valence electrons. The maximum atomic E-state index is 12.8. The van der Waals surface area contributed by atoms with Crippen molar-refractivity contribution in [3.05, 3.63) is 35.9 Å². The lowest BCUT2D eigenvalue weighted by Gasteiger charge is -2.31. The minimum atomic E-state index is -4.05. The van der Waals surface area contributed by atoms with Gasteiger partial charge in [0.2, 0.25) is 0 Å². The summed E-state index contributed by atoms with van der Waals surface area (Å²) in [7, 11) is 0. The number of nitrogens with one attached hydrogen (secondary N) is 2. The van der Waals surface area contributed by atoms with E-state index < -0.39 is 12.1 Å². The van der Waals surface area contributed by atoms with Crippen LogP contribution in [-0.2, 0) is 0 Å². The zero-order valence-electron chi connectivity index (χ0n) is 15.2. The standard InChI is InChI=1S/C20H28F3N3/c1-2-24-19(26-17-10-8-16(9-11-17)20(21,22)23)25-13-15-12-18(15)14-6-4-3-5-7-14/h3-7,15-18H,2,8-13H2,1H3,(H2,24,25,26). The van der Waals surface area contributed by atoms with Crippen molar-refractivity contribution < 1.29 is 13.2 Å². The van der Waals surface area contributed by atoms with Crippen LogP contribution in [-0.4, -0.2) is 31.3 Å². The number of hydrogen-bond donors (Lipinski definition) is 2. The van der Waals surface area contributed by atoms with E-state index >= 15 is 0 Å². The Morgan fingerprint density at radius 1 is 1.12 bits per heavy atom. The lowest BCUT2D eigenvalue weighted by Crippen LogP contribution is -2.46. The summed E-state index contributed by atoms with van der Waals surface area (Å²) >= 11 is 0. The maximum Gasteiger partial charge on any atom is 0.391 e. The molecular formula is C20H28F3N3. The lowest BCUT2D eigenvalue weighted by atomic mass is 9.85. The van der Waals surface area contributed by atoms with Crippen molar-refractivity contribution in [2.24, 2.45) is 16.8 Å². The second-order valence-corrected chi connectivity index (χ2v) is 7.47. The molecule has 0 bridgehead atoms. The van der Waals surface area contributed by atoms with Crippen LogP contribution in [0.2, 0.25) is 0 Å². The summed E-state index contributed by atoms with van der Waals surface area (Å²) in [6, 6.07) is 10.6. The lowest BCUT2D eigenvalue weighted by molar-refractivity contribution is -0.182. The predicted octanol–water partition coefficient (Wildman–Crippen LogP) is 4.47. The van der Waals surface area contributed by atoms with E-state index in [4.69, 9.17) is 0 Å². The van der Waals surface area contributed by atoms with Crippen LogP contribution in [0.15, 0.2) is 35.3 Å². The van der Waals surface area contributed by atoms with Crippen LogP contribution in [0.3, 0.4) is 0 Å². The van der Waals surface area contributed by atoms with E-state index in [0.717, 1.165) is 25.5 Å². The van der Waals surface area contributed by atoms with Gasteiger partial charge >= 0.3 is 6.18 Å². The fourth-order valence-electron chi connectivity index (χ4n) is 3.84. The molecule has 0 spiro atoms. The van der Waals surface area contributed by atoms with Gasteiger partial charge in [-0.3, -0.25) is 4.99 Å². The van der Waals surface area contributed by atoms with Crippen molar-refractivity contribution in [3.8, 4) is 0 Å². The number of nitrogens with zero attached hydrogens (tertiary/aromatic N) is 1. The van der Waals surface area contributed by atoms with Crippen LogP contribution >= 0.6 is 0 Å². The summed E-state index contributed by atoms with van der Waals surface area (Å²) in [5.74, 6) is 0.749. The quantitative estimate of drug-likeness (QED) is 0.595. The Kier molecular flexibility index (Phi) is 6.09. The Morgan fingerprint density at radius 2 is 1.81 bits per heavy atom. The van der Waals surface area contributed by atoms with Crippen molar-refractivity contribution in [2.75, 3.05) is 13.1 Å². The average Bonchev–Trinajstić information content (AvgIpc) is 3.40. The molecule has 3 rings (SSSR count). The highest BCUT2D eigenvalue weighted by Crippen LogP contribution is 2.47. The van der Waals surface area contributed by atoms with Crippen LogP contribution < -0.4 is 10.6 Å². The van der Waals surface area contributed by atoms with Gasteiger partial charge in [0.25, 0.3) is 0 Å². The van der Waals surface area contributed by atoms with Crippen LogP contribution in [0.5, 0.6) is 0 Å². The predicted molar refractivity (Wildman–Crippen MR) is 98.2 cm³/mol. The maximum absolute atomic E-state index is 12.8. The molecule has 3 nitrogen and oxygen atoms in total. The number of rotatable bonds is 5. The van der Waals surface area contributed by atoms with Gasteiger partial charge in [0.1, 0.15) is 0 Å². The molecule has 1 aromatic carbocycles. The molecule has 0 aliphatic heterocycles. The van der Waals surface area contributed by atoms with Gasteiger partial charge in [-0.15, -0.1) is 0 Å². The van der Waals surface area contributed by atoms with Crippen LogP contribution in [0.4, 0.5) is 13.2 Å². The number of halogens is 3. The molecule has 2 aliphatic carbocycles. The summed E-state index contributed by atoms with van der Waals surface area (Å²) < 4.78 is 38.4. The van der Waals surface area contributed by atoms with Crippen LogP contribution in [0.1, 0.15) is 50.5 Å². The Balaban J connectivity index is 1.48. The highest BCUT2D eigenvalue weighted by Gasteiger charge is 2.41. The second kappa shape index (κ2) is 8.31. The minimum absolute atomic E-state index is 0.0792. The van der Waals surface area contributed by atoms with Gasteiger partial charge in [-0.2, -0.15) is 13.2 Å². The average molecular weight is 367 g/mol. The van der Waals surface area contributed by atoms with E-state index in [0.29, 0.717) is 24.7 Å². The molecule has 0 heterocycles. The summed E-state index contributed by atoms with van der Waals surface area (Å²) in [6.45, 7) is 3.50. The molecule has 0 amide bonds. The number of guanidine groups is 1. The topological polar surface area (TPSA) is 36.4 Å². The molecule has 0 radical (unpaired) electrons. The van der Waals surface area contributed by atoms with Gasteiger partial charge in [-0.25, -0.2) is 0 Å². The molecule has 2 atom stereocenters. The second-order valence-electron chi connectivity index (χ2n) is 7.47. The number of hydrogen-bond acceptors (Lipinski definition) is 1. The molecule has 2 aliphatic rings. The van der Waals surface area contributed by atoms with Crippen molar-refractivity contribution in [2.45, 2.75) is 57.2 Å². The zero-order valence-corrected chi connectivity index (χ0v) is 15.2. The molecule has 2 unspecified atom stereocenters. The van der Waals surface area contributed by atoms with Gasteiger partial charge in [-0.1, -0.05) is 30.3 Å². The SMILES string of the molecule is CCNC(=NCC1CC1c1ccccc1)NC1CCC(C(F)(F)F)CC1. The third kappa shape index (κ3) is 5.15. The van der Waals surface area contributed by atoms with E-state index in [9.17, 15) is 13.2 Å². The number of aliphatic imine (C=N–C) groups is 1. The van der Waals surface area contributed by atoms with Gasteiger partial charge in [0.05, 0.1) is 5.92 Å². The van der Waals surface area contributed by atoms with E-state index in [1.807, 2.05) is 13.0 Å². The summed E-state index contributed by atoms with van der Waals surface area (Å²) in [4.78, 5) is 4.69. The fraction of sp³-hybridized carbons (Fsp3) is 0.650. The van der Waals surface area contributed by atoms with Crippen molar-refractivity contribution in [1.82, 2.24) is 10.6 Å². The molecule has 0 saturated heterocycles. The Bertz CT molecular complexity index is 592. The summed E-state index contributed by atoms with van der Waals surface area (Å²) in [5, 5.41) is 6.56. The van der Waals surface area contributed by atoms with Crippen LogP contribution in [0, 0.1) is 11.8 Å². The first kappa shape index (κ1) is 19.1. The number of alkyl halides is 3. The molecule has 26 heavy (non-hydrogen) atoms. The van der Waals surface area contributed by atoms with Gasteiger partial charge in [0.15, 0.2) is 5.96 Å². The Labute approximate surface area is 153 Å². The molecule has 0 aromatic heterocycles. The smallest absolute Gasteiger partial charge is 0.357 e. The fourth-order valence-corrected chi connectivity index (χ4v) is 3.84. The third-order valence-electron chi connectivity index (χ3n) is 5.51. The number of benzene rings is 1. The van der Waals surface area contributed by atoms with Crippen molar-refractivity contribution in [1.29, 1.82) is 0 Å². The first-order valence-electron chi connectivity index (χ1n) is 9.64. The van der Waals surface area contributed by atoms with Crippen molar-refractivity contribution in [3.63, 3.8) is 0 Å². The summed E-state index contributed by atoms with van der Waals surface area (Å²) in [5.41, 5.74) is 1.37. The third-order valence-corrected chi connectivity index (χ3v) is 5.51. The minimum Gasteiger partial charge on any atom is -0.357 e. The van der Waals surface area contributed by atoms with E-state index in [2.05, 4.69) is 39.9 Å². The first-order valence-corrected chi connectivity index (χ1v) is 9.64. The van der Waals surface area contributed by atoms with Crippen LogP contribution in [0.25, 0.3) is 0 Å². The largest absolute Gasteiger partial charge is 0.391 e. The molecule has 1 aromatic rings. The van der Waals surface area contributed by atoms with Gasteiger partial charge < -0.3 is 10.6 Å². The molecule has 2 saturated carbocycles. The van der Waals surface area contributed by atoms with Gasteiger partial charge in [0, 0.05) is 19.1 Å². The van der Waals surface area contributed by atoms with Gasteiger partial charge in [-0.05, 0) is 56.4 Å². The Morgan fingerprint density at radius 3 is 2.42 bits per heavy atom. The normalized spacial score (nSPS) is 29.3. The molecule has 6 heteroatoms. The van der Waals surface area contributed by atoms with E-state index in [-0.39, 0.29) is 18.9 Å². The first-order chi connectivity index (χ1) is 12.5. The summed E-state index contributed by atoms with van der Waals surface area (Å²) in [6.07, 6.45) is -1.39. The monoisotopic (exact) mass is 367 g/mol. The molecule has 2 N–H and O–H groups in total.